The Balaban J connectivity index is 2.59. The van der Waals surface area contributed by atoms with Gasteiger partial charge >= 0.3 is 0 Å². The number of benzene rings is 2. The molecule has 2 heteroatoms. The minimum atomic E-state index is 0.504. The molecule has 2 aromatic rings. The summed E-state index contributed by atoms with van der Waals surface area (Å²) in [6, 6.07) is 12.2. The summed E-state index contributed by atoms with van der Waals surface area (Å²) in [5, 5.41) is 2.38. The summed E-state index contributed by atoms with van der Waals surface area (Å²) in [4.78, 5) is 3.41. The van der Waals surface area contributed by atoms with Crippen molar-refractivity contribution in [2.45, 2.75) is 6.42 Å². The maximum Gasteiger partial charge on any atom is 0.218 e. The second-order valence-electron chi connectivity index (χ2n) is 3.60. The first kappa shape index (κ1) is 10.5. The van der Waals surface area contributed by atoms with E-state index in [4.69, 9.17) is 11.3 Å². The third kappa shape index (κ3) is 1.85. The van der Waals surface area contributed by atoms with Crippen LogP contribution in [0.3, 0.4) is 0 Å². The zero-order valence-electron chi connectivity index (χ0n) is 9.23. The summed E-state index contributed by atoms with van der Waals surface area (Å²) in [7, 11) is 1.67. The van der Waals surface area contributed by atoms with E-state index in [1.54, 1.807) is 7.11 Å². The first-order valence-corrected chi connectivity index (χ1v) is 5.24. The molecule has 0 bridgehead atoms. The lowest BCUT2D eigenvalue weighted by Crippen LogP contribution is -1.95. The zero-order valence-corrected chi connectivity index (χ0v) is 9.23. The summed E-state index contributed by atoms with van der Waals surface area (Å²) in [5.41, 5.74) is 1.14. The molecule has 80 valence electrons. The fourth-order valence-electron chi connectivity index (χ4n) is 1.93. The average Bonchev–Trinajstić information content (AvgIpc) is 2.35. The van der Waals surface area contributed by atoms with Crippen LogP contribution in [0.1, 0.15) is 5.56 Å². The van der Waals surface area contributed by atoms with Crippen molar-refractivity contribution in [2.24, 2.45) is 0 Å². The first-order chi connectivity index (χ1) is 7.86. The van der Waals surface area contributed by atoms with Gasteiger partial charge in [-0.15, -0.1) is 0 Å². The van der Waals surface area contributed by atoms with E-state index in [2.05, 4.69) is 23.0 Å². The Hall–Kier alpha value is -2.01. The number of hydrogen-bond acceptors (Lipinski definition) is 1. The van der Waals surface area contributed by atoms with Crippen molar-refractivity contribution in [1.82, 2.24) is 0 Å². The van der Waals surface area contributed by atoms with E-state index < -0.39 is 0 Å². The van der Waals surface area contributed by atoms with E-state index in [-0.39, 0.29) is 0 Å². The molecule has 0 amide bonds. The first-order valence-electron chi connectivity index (χ1n) is 5.24. The van der Waals surface area contributed by atoms with Gasteiger partial charge in [-0.1, -0.05) is 30.3 Å². The molecule has 0 aliphatic rings. The van der Waals surface area contributed by atoms with Gasteiger partial charge in [-0.05, 0) is 16.8 Å². The van der Waals surface area contributed by atoms with Gasteiger partial charge in [0.25, 0.3) is 0 Å². The molecule has 0 atom stereocenters. The average molecular weight is 211 g/mol. The fraction of sp³-hybridized carbons (Fsp3) is 0.214. The molecule has 0 aliphatic heterocycles. The fourth-order valence-corrected chi connectivity index (χ4v) is 1.93. The SMILES string of the molecule is [C-]#[N+]CCc1c(OC)ccc2ccccc12. The second kappa shape index (κ2) is 4.67. The standard InChI is InChI=1S/C14H13NO/c1-15-10-9-13-12-6-4-3-5-11(12)7-8-14(13)16-2/h3-8H,9-10H2,2H3. The van der Waals surface area contributed by atoms with Gasteiger partial charge in [0.2, 0.25) is 6.54 Å². The third-order valence-corrected chi connectivity index (χ3v) is 2.69. The van der Waals surface area contributed by atoms with Crippen molar-refractivity contribution in [3.8, 4) is 5.75 Å². The van der Waals surface area contributed by atoms with E-state index in [0.29, 0.717) is 6.54 Å². The summed E-state index contributed by atoms with van der Waals surface area (Å²) >= 11 is 0. The Bertz CT molecular complexity index is 540. The van der Waals surface area contributed by atoms with Crippen LogP contribution in [0.15, 0.2) is 36.4 Å². The van der Waals surface area contributed by atoms with Crippen LogP contribution in [0.25, 0.3) is 15.6 Å². The number of hydrogen-bond donors (Lipinski definition) is 0. The molecule has 0 heterocycles. The third-order valence-electron chi connectivity index (χ3n) is 2.69. The van der Waals surface area contributed by atoms with E-state index in [1.165, 1.54) is 10.8 Å². The number of methoxy groups -OCH3 is 1. The Kier molecular flexibility index (Phi) is 3.07. The van der Waals surface area contributed by atoms with E-state index in [0.717, 1.165) is 17.7 Å². The van der Waals surface area contributed by atoms with Crippen LogP contribution >= 0.6 is 0 Å². The van der Waals surface area contributed by atoms with Gasteiger partial charge in [0.05, 0.1) is 7.11 Å². The van der Waals surface area contributed by atoms with Gasteiger partial charge in [0, 0.05) is 12.0 Å². The van der Waals surface area contributed by atoms with Crippen molar-refractivity contribution in [1.29, 1.82) is 0 Å². The van der Waals surface area contributed by atoms with Gasteiger partial charge in [-0.3, -0.25) is 0 Å². The van der Waals surface area contributed by atoms with Crippen molar-refractivity contribution in [3.63, 3.8) is 0 Å². The molecule has 0 fully saturated rings. The Labute approximate surface area is 95.3 Å². The van der Waals surface area contributed by atoms with Gasteiger partial charge in [-0.25, -0.2) is 6.57 Å². The van der Waals surface area contributed by atoms with E-state index in [1.807, 2.05) is 18.2 Å². The molecule has 2 aromatic carbocycles. The lowest BCUT2D eigenvalue weighted by molar-refractivity contribution is 0.411. The molecule has 0 aliphatic carbocycles. The minimum absolute atomic E-state index is 0.504. The molecule has 2 rings (SSSR count). The van der Waals surface area contributed by atoms with Crippen LogP contribution in [-0.4, -0.2) is 13.7 Å². The van der Waals surface area contributed by atoms with Crippen molar-refractivity contribution in [2.75, 3.05) is 13.7 Å². The normalized spacial score (nSPS) is 10.0. The molecule has 16 heavy (non-hydrogen) atoms. The van der Waals surface area contributed by atoms with Gasteiger partial charge in [0.15, 0.2) is 0 Å². The zero-order chi connectivity index (χ0) is 11.4. The summed E-state index contributed by atoms with van der Waals surface area (Å²) < 4.78 is 5.35. The van der Waals surface area contributed by atoms with Crippen LogP contribution in [0.5, 0.6) is 5.75 Å². The van der Waals surface area contributed by atoms with Gasteiger partial charge in [0.1, 0.15) is 5.75 Å². The molecular formula is C14H13NO. The Morgan fingerprint density at radius 2 is 2.00 bits per heavy atom. The number of nitrogens with zero attached hydrogens (tertiary/aromatic N) is 1. The molecule has 0 spiro atoms. The molecule has 0 saturated heterocycles. The summed E-state index contributed by atoms with van der Waals surface area (Å²) in [6.07, 6.45) is 0.744. The maximum atomic E-state index is 6.87. The topological polar surface area (TPSA) is 13.6 Å². The Morgan fingerprint density at radius 3 is 2.75 bits per heavy atom. The predicted octanol–water partition coefficient (Wildman–Crippen LogP) is 3.31. The summed E-state index contributed by atoms with van der Waals surface area (Å²) in [6.45, 7) is 7.38. The lowest BCUT2D eigenvalue weighted by Gasteiger charge is -2.09. The highest BCUT2D eigenvalue weighted by molar-refractivity contribution is 5.87. The highest BCUT2D eigenvalue weighted by atomic mass is 16.5. The van der Waals surface area contributed by atoms with Crippen molar-refractivity contribution in [3.05, 3.63) is 53.4 Å². The van der Waals surface area contributed by atoms with Crippen molar-refractivity contribution >= 4 is 10.8 Å². The number of fused-ring (bicyclic) bond motifs is 1. The molecule has 0 radical (unpaired) electrons. The number of rotatable bonds is 3. The Morgan fingerprint density at radius 1 is 1.19 bits per heavy atom. The van der Waals surface area contributed by atoms with Crippen LogP contribution in [0.4, 0.5) is 0 Å². The quantitative estimate of drug-likeness (QED) is 0.710. The minimum Gasteiger partial charge on any atom is -0.496 e. The maximum absolute atomic E-state index is 6.87. The van der Waals surface area contributed by atoms with Crippen LogP contribution in [-0.2, 0) is 6.42 Å². The molecule has 0 unspecified atom stereocenters. The largest absolute Gasteiger partial charge is 0.496 e. The smallest absolute Gasteiger partial charge is 0.218 e. The van der Waals surface area contributed by atoms with Crippen LogP contribution < -0.4 is 4.74 Å². The summed E-state index contributed by atoms with van der Waals surface area (Å²) in [5.74, 6) is 0.877. The highest BCUT2D eigenvalue weighted by Crippen LogP contribution is 2.28. The van der Waals surface area contributed by atoms with E-state index in [9.17, 15) is 0 Å². The van der Waals surface area contributed by atoms with Crippen LogP contribution in [0.2, 0.25) is 0 Å². The number of ether oxygens (including phenoxy) is 1. The molecule has 0 aromatic heterocycles. The van der Waals surface area contributed by atoms with E-state index >= 15 is 0 Å². The highest BCUT2D eigenvalue weighted by Gasteiger charge is 2.08. The lowest BCUT2D eigenvalue weighted by atomic mass is 10.0. The monoisotopic (exact) mass is 211 g/mol. The van der Waals surface area contributed by atoms with Crippen molar-refractivity contribution < 1.29 is 4.74 Å². The molecule has 0 saturated carbocycles. The van der Waals surface area contributed by atoms with Gasteiger partial charge < -0.3 is 9.58 Å². The molecule has 0 N–H and O–H groups in total. The van der Waals surface area contributed by atoms with Crippen LogP contribution in [0, 0.1) is 6.57 Å². The molecular weight excluding hydrogens is 198 g/mol. The van der Waals surface area contributed by atoms with Gasteiger partial charge in [-0.2, -0.15) is 0 Å². The molecule has 2 nitrogen and oxygen atoms in total. The predicted molar refractivity (Wildman–Crippen MR) is 65.7 cm³/mol. The second-order valence-corrected chi connectivity index (χ2v) is 3.60.